The summed E-state index contributed by atoms with van der Waals surface area (Å²) in [5.41, 5.74) is 2.69. The Morgan fingerprint density at radius 2 is 2.12 bits per heavy atom. The van der Waals surface area contributed by atoms with Crippen LogP contribution in [0.2, 0.25) is 0 Å². The molecule has 124 valence electrons. The topological polar surface area (TPSA) is 78.9 Å². The summed E-state index contributed by atoms with van der Waals surface area (Å²) in [4.78, 5) is 13.7. The normalized spacial score (nSPS) is 12.6. The number of anilines is 1. The number of hydrogen-bond donors (Lipinski definition) is 1. The molecule has 0 saturated carbocycles. The first-order valence-electron chi connectivity index (χ1n) is 7.74. The number of aromatic nitrogens is 1. The Hall–Kier alpha value is -2.43. The van der Waals surface area contributed by atoms with E-state index in [1.165, 1.54) is 16.2 Å². The minimum atomic E-state index is -0.372. The van der Waals surface area contributed by atoms with E-state index >= 15 is 0 Å². The molecule has 0 saturated heterocycles. The van der Waals surface area contributed by atoms with Crippen LogP contribution in [0.1, 0.15) is 32.9 Å². The van der Waals surface area contributed by atoms with Gasteiger partial charge in [0, 0.05) is 21.0 Å². The molecule has 0 atom stereocenters. The third-order valence-corrected chi connectivity index (χ3v) is 5.87. The smallest absolute Gasteiger partial charge is 0.278 e. The van der Waals surface area contributed by atoms with Crippen LogP contribution in [0, 0.1) is 11.3 Å². The highest BCUT2D eigenvalue weighted by Gasteiger charge is 2.24. The molecular formula is C18H12BrN3O2S. The number of fused-ring (bicyclic) bond motifs is 1. The molecule has 0 unspecified atom stereocenters. The first-order chi connectivity index (χ1) is 12.2. The standard InChI is InChI=1S/C18H12BrN3O2S/c19-11-6-4-10(5-7-11)15-8-14(22-24-15)17(23)21-18-13(9-20)12-2-1-3-16(12)25-18/h4-8H,1-3H2,(H,21,23). The minimum absolute atomic E-state index is 0.190. The van der Waals surface area contributed by atoms with Crippen LogP contribution in [0.4, 0.5) is 5.00 Å². The molecule has 5 nitrogen and oxygen atoms in total. The van der Waals surface area contributed by atoms with E-state index in [0.717, 1.165) is 34.9 Å². The van der Waals surface area contributed by atoms with Crippen LogP contribution >= 0.6 is 27.3 Å². The number of hydrogen-bond acceptors (Lipinski definition) is 5. The highest BCUT2D eigenvalue weighted by atomic mass is 79.9. The average molecular weight is 414 g/mol. The fraction of sp³-hybridized carbons (Fsp3) is 0.167. The predicted molar refractivity (Wildman–Crippen MR) is 98.7 cm³/mol. The molecular weight excluding hydrogens is 402 g/mol. The summed E-state index contributed by atoms with van der Waals surface area (Å²) in [5, 5.41) is 16.7. The van der Waals surface area contributed by atoms with Gasteiger partial charge in [0.25, 0.3) is 5.91 Å². The Balaban J connectivity index is 1.57. The summed E-state index contributed by atoms with van der Waals surface area (Å²) < 4.78 is 6.24. The van der Waals surface area contributed by atoms with Gasteiger partial charge < -0.3 is 9.84 Å². The van der Waals surface area contributed by atoms with E-state index in [0.29, 0.717) is 16.3 Å². The zero-order chi connectivity index (χ0) is 17.4. The molecule has 0 fully saturated rings. The van der Waals surface area contributed by atoms with Gasteiger partial charge in [-0.15, -0.1) is 11.3 Å². The highest BCUT2D eigenvalue weighted by molar-refractivity contribution is 9.10. The number of carbonyl (C=O) groups excluding carboxylic acids is 1. The van der Waals surface area contributed by atoms with E-state index in [4.69, 9.17) is 4.52 Å². The average Bonchev–Trinajstić information content (AvgIpc) is 3.30. The maximum atomic E-state index is 12.5. The van der Waals surface area contributed by atoms with E-state index < -0.39 is 0 Å². The van der Waals surface area contributed by atoms with Crippen molar-refractivity contribution in [2.24, 2.45) is 0 Å². The van der Waals surface area contributed by atoms with Gasteiger partial charge in [0.1, 0.15) is 11.1 Å². The van der Waals surface area contributed by atoms with Crippen LogP contribution in [0.3, 0.4) is 0 Å². The van der Waals surface area contributed by atoms with Crippen LogP contribution in [0.5, 0.6) is 0 Å². The molecule has 0 spiro atoms. The van der Waals surface area contributed by atoms with Crippen LogP contribution in [0.15, 0.2) is 39.3 Å². The molecule has 4 rings (SSSR count). The van der Waals surface area contributed by atoms with Crippen molar-refractivity contribution in [3.8, 4) is 17.4 Å². The Morgan fingerprint density at radius 1 is 1.32 bits per heavy atom. The Morgan fingerprint density at radius 3 is 2.88 bits per heavy atom. The molecule has 25 heavy (non-hydrogen) atoms. The third-order valence-electron chi connectivity index (χ3n) is 4.13. The van der Waals surface area contributed by atoms with Gasteiger partial charge in [-0.05, 0) is 37.0 Å². The first kappa shape index (κ1) is 16.1. The van der Waals surface area contributed by atoms with Gasteiger partial charge in [-0.2, -0.15) is 5.26 Å². The van der Waals surface area contributed by atoms with Crippen LogP contribution in [-0.4, -0.2) is 11.1 Å². The number of benzene rings is 1. The number of rotatable bonds is 3. The van der Waals surface area contributed by atoms with E-state index in [9.17, 15) is 10.1 Å². The van der Waals surface area contributed by atoms with Crippen molar-refractivity contribution in [3.05, 3.63) is 56.5 Å². The molecule has 0 aliphatic heterocycles. The molecule has 3 aromatic rings. The van der Waals surface area contributed by atoms with Crippen LogP contribution < -0.4 is 5.32 Å². The lowest BCUT2D eigenvalue weighted by atomic mass is 10.1. The van der Waals surface area contributed by atoms with Crippen molar-refractivity contribution >= 4 is 38.2 Å². The molecule has 1 aliphatic carbocycles. The van der Waals surface area contributed by atoms with Gasteiger partial charge in [0.05, 0.1) is 5.56 Å². The Bertz CT molecular complexity index is 998. The molecule has 1 N–H and O–H groups in total. The van der Waals surface area contributed by atoms with Gasteiger partial charge in [0.2, 0.25) is 0 Å². The monoisotopic (exact) mass is 413 g/mol. The molecule has 1 amide bonds. The SMILES string of the molecule is N#Cc1c(NC(=O)c2cc(-c3ccc(Br)cc3)on2)sc2c1CCC2. The number of nitriles is 1. The molecule has 7 heteroatoms. The second kappa shape index (κ2) is 6.47. The van der Waals surface area contributed by atoms with E-state index in [-0.39, 0.29) is 11.6 Å². The maximum absolute atomic E-state index is 12.5. The summed E-state index contributed by atoms with van der Waals surface area (Å²) in [7, 11) is 0. The molecule has 2 aromatic heterocycles. The number of nitrogens with zero attached hydrogens (tertiary/aromatic N) is 2. The van der Waals surface area contributed by atoms with Crippen molar-refractivity contribution in [2.75, 3.05) is 5.32 Å². The molecule has 0 bridgehead atoms. The molecule has 2 heterocycles. The quantitative estimate of drug-likeness (QED) is 0.669. The summed E-state index contributed by atoms with van der Waals surface area (Å²) in [6, 6.07) is 11.4. The minimum Gasteiger partial charge on any atom is -0.355 e. The molecule has 0 radical (unpaired) electrons. The summed E-state index contributed by atoms with van der Waals surface area (Å²) in [6.07, 6.45) is 2.95. The van der Waals surface area contributed by atoms with Gasteiger partial charge in [-0.1, -0.05) is 33.2 Å². The van der Waals surface area contributed by atoms with E-state index in [2.05, 4.69) is 32.5 Å². The zero-order valence-electron chi connectivity index (χ0n) is 13.0. The summed E-state index contributed by atoms with van der Waals surface area (Å²) in [6.45, 7) is 0. The van der Waals surface area contributed by atoms with E-state index in [1.807, 2.05) is 24.3 Å². The van der Waals surface area contributed by atoms with Gasteiger partial charge in [-0.25, -0.2) is 0 Å². The maximum Gasteiger partial charge on any atom is 0.278 e. The number of carbonyl (C=O) groups is 1. The van der Waals surface area contributed by atoms with Crippen molar-refractivity contribution in [2.45, 2.75) is 19.3 Å². The molecule has 1 aromatic carbocycles. The van der Waals surface area contributed by atoms with Crippen molar-refractivity contribution in [1.82, 2.24) is 5.16 Å². The number of amides is 1. The largest absolute Gasteiger partial charge is 0.355 e. The zero-order valence-corrected chi connectivity index (χ0v) is 15.4. The van der Waals surface area contributed by atoms with Crippen molar-refractivity contribution < 1.29 is 9.32 Å². The van der Waals surface area contributed by atoms with Crippen molar-refractivity contribution in [1.29, 1.82) is 5.26 Å². The lowest BCUT2D eigenvalue weighted by molar-refractivity contribution is 0.101. The number of thiophene rings is 1. The molecule has 1 aliphatic rings. The summed E-state index contributed by atoms with van der Waals surface area (Å²) in [5.74, 6) is 0.148. The van der Waals surface area contributed by atoms with Gasteiger partial charge in [0.15, 0.2) is 11.5 Å². The third kappa shape index (κ3) is 2.99. The summed E-state index contributed by atoms with van der Waals surface area (Å²) >= 11 is 4.86. The Kier molecular flexibility index (Phi) is 4.15. The van der Waals surface area contributed by atoms with Crippen LogP contribution in [0.25, 0.3) is 11.3 Å². The van der Waals surface area contributed by atoms with Crippen LogP contribution in [-0.2, 0) is 12.8 Å². The number of nitrogens with one attached hydrogen (secondary N) is 1. The second-order valence-electron chi connectivity index (χ2n) is 5.71. The lowest BCUT2D eigenvalue weighted by Gasteiger charge is -2.00. The Labute approximate surface area is 156 Å². The fourth-order valence-electron chi connectivity index (χ4n) is 2.91. The fourth-order valence-corrected chi connectivity index (χ4v) is 4.41. The lowest BCUT2D eigenvalue weighted by Crippen LogP contribution is -2.12. The number of halogens is 1. The first-order valence-corrected chi connectivity index (χ1v) is 9.35. The predicted octanol–water partition coefficient (Wildman–Crippen LogP) is 4.78. The van der Waals surface area contributed by atoms with E-state index in [1.54, 1.807) is 6.07 Å². The van der Waals surface area contributed by atoms with Gasteiger partial charge in [-0.3, -0.25) is 4.79 Å². The van der Waals surface area contributed by atoms with Crippen molar-refractivity contribution in [3.63, 3.8) is 0 Å². The van der Waals surface area contributed by atoms with Gasteiger partial charge >= 0.3 is 0 Å². The highest BCUT2D eigenvalue weighted by Crippen LogP contribution is 2.38. The second-order valence-corrected chi connectivity index (χ2v) is 7.73. The number of aryl methyl sites for hydroxylation is 1.